The second-order valence-electron chi connectivity index (χ2n) is 11.7. The summed E-state index contributed by atoms with van der Waals surface area (Å²) < 4.78 is 31.9. The highest BCUT2D eigenvalue weighted by atomic mass is 31.1. The number of hydrogen-bond donors (Lipinski definition) is 5. The number of benzene rings is 1. The molecule has 0 amide bonds. The van der Waals surface area contributed by atoms with Gasteiger partial charge in [-0.15, -0.1) is 0 Å². The van der Waals surface area contributed by atoms with Gasteiger partial charge in [0, 0.05) is 13.1 Å². The van der Waals surface area contributed by atoms with Crippen LogP contribution < -0.4 is 25.0 Å². The predicted molar refractivity (Wildman–Crippen MR) is 157 cm³/mol. The zero-order valence-electron chi connectivity index (χ0n) is 24.6. The van der Waals surface area contributed by atoms with E-state index in [4.69, 9.17) is 19.7 Å². The smallest absolute Gasteiger partial charge is 0.324 e. The normalized spacial score (nSPS) is 25.9. The lowest BCUT2D eigenvalue weighted by Gasteiger charge is -2.29. The van der Waals surface area contributed by atoms with Gasteiger partial charge in [-0.1, -0.05) is 26.0 Å². The molecule has 2 aromatic heterocycles. The summed E-state index contributed by atoms with van der Waals surface area (Å²) in [6.45, 7) is 6.07. The van der Waals surface area contributed by atoms with Crippen molar-refractivity contribution >= 4 is 37.1 Å². The molecule has 6 N–H and O–H groups in total. The Balaban J connectivity index is 1.32. The molecule has 1 aliphatic carbocycles. The van der Waals surface area contributed by atoms with Crippen molar-refractivity contribution in [2.75, 3.05) is 24.3 Å². The largest absolute Gasteiger partial charge is 0.487 e. The van der Waals surface area contributed by atoms with Gasteiger partial charge in [0.05, 0.1) is 6.33 Å². The van der Waals surface area contributed by atoms with Crippen LogP contribution in [0.25, 0.3) is 11.2 Å². The van der Waals surface area contributed by atoms with Crippen molar-refractivity contribution in [2.45, 2.75) is 76.2 Å². The zero-order valence-corrected chi connectivity index (χ0v) is 25.6. The molecule has 3 heterocycles. The number of nitrogen functional groups attached to an aromatic ring is 1. The quantitative estimate of drug-likeness (QED) is 0.184. The Bertz CT molecular complexity index is 1530. The molecule has 1 saturated heterocycles. The van der Waals surface area contributed by atoms with Crippen LogP contribution in [0.2, 0.25) is 0 Å². The van der Waals surface area contributed by atoms with Crippen molar-refractivity contribution in [3.8, 4) is 11.5 Å². The molecule has 1 aliphatic heterocycles. The highest BCUT2D eigenvalue weighted by Crippen LogP contribution is 2.42. The van der Waals surface area contributed by atoms with Crippen molar-refractivity contribution in [2.24, 2.45) is 5.92 Å². The van der Waals surface area contributed by atoms with E-state index in [0.717, 1.165) is 12.8 Å². The van der Waals surface area contributed by atoms with Crippen molar-refractivity contribution in [1.29, 1.82) is 0 Å². The molecule has 5 rings (SSSR count). The molecule has 234 valence electrons. The highest BCUT2D eigenvalue weighted by molar-refractivity contribution is 7.37. The lowest BCUT2D eigenvalue weighted by Crippen LogP contribution is -2.50. The third-order valence-electron chi connectivity index (χ3n) is 8.27. The molecule has 1 saturated carbocycles. The Hall–Kier alpha value is -3.49. The first-order chi connectivity index (χ1) is 20.2. The molecule has 2 aliphatic rings. The van der Waals surface area contributed by atoms with E-state index >= 15 is 0 Å². The number of aliphatic hydroxyl groups is 2. The van der Waals surface area contributed by atoms with Gasteiger partial charge in [0.25, 0.3) is 0 Å². The molecule has 0 spiro atoms. The Morgan fingerprint density at radius 1 is 1.33 bits per heavy atom. The van der Waals surface area contributed by atoms with Crippen LogP contribution in [0.4, 0.5) is 11.8 Å². The molecule has 6 atom stereocenters. The van der Waals surface area contributed by atoms with Crippen molar-refractivity contribution in [1.82, 2.24) is 24.6 Å². The summed E-state index contributed by atoms with van der Waals surface area (Å²) in [5.74, 6) is -0.636. The maximum Gasteiger partial charge on any atom is 0.324 e. The van der Waals surface area contributed by atoms with E-state index in [-0.39, 0.29) is 30.0 Å². The number of aliphatic carboxylic acids is 1. The van der Waals surface area contributed by atoms with E-state index in [2.05, 4.69) is 20.0 Å². The maximum absolute atomic E-state index is 12.8. The van der Waals surface area contributed by atoms with Gasteiger partial charge in [0.2, 0.25) is 5.95 Å². The fourth-order valence-corrected chi connectivity index (χ4v) is 6.19. The Morgan fingerprint density at radius 3 is 2.63 bits per heavy atom. The summed E-state index contributed by atoms with van der Waals surface area (Å²) in [5, 5.41) is 34.6. The lowest BCUT2D eigenvalue weighted by molar-refractivity contribution is -0.145. The van der Waals surface area contributed by atoms with Crippen LogP contribution in [0.5, 0.6) is 11.5 Å². The van der Waals surface area contributed by atoms with Gasteiger partial charge in [-0.05, 0) is 44.7 Å². The molecule has 0 bridgehead atoms. The van der Waals surface area contributed by atoms with Gasteiger partial charge in [-0.25, -0.2) is 10.1 Å². The van der Waals surface area contributed by atoms with Crippen LogP contribution in [0, 0.1) is 5.92 Å². The number of carbonyl (C=O) groups is 1. The number of aliphatic hydroxyl groups excluding tert-OH is 1. The standard InChI is InChI=1S/C27H38N7O8P/c1-14(2)26(3,24(36)37)32-43(39)42-17-9-7-6-8-16(17)40-12-18-20(35)27(4,38)23(41-18)34-13-29-19-21(33(5)15-10-11-15)30-25(28)31-22(19)34/h6-9,13-15,18,20,23,35,38,43H,10-12H2,1-5H3,(H,32,39)(H,36,37)(H2,28,30,31)/t18-,20-,23-,26?,27-/m1/s1. The number of nitrogens with one attached hydrogen (secondary N) is 1. The van der Waals surface area contributed by atoms with Gasteiger partial charge in [0.1, 0.15) is 30.0 Å². The lowest BCUT2D eigenvalue weighted by atomic mass is 9.90. The minimum atomic E-state index is -3.07. The average Bonchev–Trinajstić information content (AvgIpc) is 3.67. The Kier molecular flexibility index (Phi) is 8.31. The van der Waals surface area contributed by atoms with E-state index in [9.17, 15) is 24.7 Å². The fourth-order valence-electron chi connectivity index (χ4n) is 4.96. The number of carboxylic acid groups (broad SMARTS) is 1. The summed E-state index contributed by atoms with van der Waals surface area (Å²) >= 11 is 0. The SMILES string of the molecule is CC(C)C(C)(N[PH](=O)Oc1ccccc1OC[C@H]1O[C@@H](n2cnc3c(N(C)C4CC4)nc(N)nc32)[C@](C)(O)[C@@H]1O)C(=O)O. The first-order valence-electron chi connectivity index (χ1n) is 14.0. The number of fused-ring (bicyclic) bond motifs is 1. The number of carboxylic acids is 1. The molecular formula is C27H38N7O8P. The molecule has 15 nitrogen and oxygen atoms in total. The molecular weight excluding hydrogens is 581 g/mol. The van der Waals surface area contributed by atoms with E-state index < -0.39 is 43.7 Å². The van der Waals surface area contributed by atoms with Gasteiger partial charge in [-0.3, -0.25) is 13.9 Å². The van der Waals surface area contributed by atoms with E-state index in [0.29, 0.717) is 23.0 Å². The Labute approximate surface area is 248 Å². The first kappa shape index (κ1) is 31.0. The van der Waals surface area contributed by atoms with Crippen LogP contribution in [0.3, 0.4) is 0 Å². The molecule has 43 heavy (non-hydrogen) atoms. The number of hydrogen-bond acceptors (Lipinski definition) is 12. The van der Waals surface area contributed by atoms with Crippen LogP contribution in [0.15, 0.2) is 30.6 Å². The summed E-state index contributed by atoms with van der Waals surface area (Å²) in [6.07, 6.45) is 0.0834. The fraction of sp³-hybridized carbons (Fsp3) is 0.556. The van der Waals surface area contributed by atoms with Gasteiger partial charge in [0.15, 0.2) is 34.7 Å². The van der Waals surface area contributed by atoms with Crippen LogP contribution in [-0.4, -0.2) is 83.9 Å². The molecule has 1 aromatic carbocycles. The highest BCUT2D eigenvalue weighted by Gasteiger charge is 2.54. The number of aromatic nitrogens is 4. The van der Waals surface area contributed by atoms with Crippen molar-refractivity contribution < 1.29 is 38.7 Å². The van der Waals surface area contributed by atoms with Gasteiger partial charge in [-0.2, -0.15) is 9.97 Å². The van der Waals surface area contributed by atoms with Crippen molar-refractivity contribution in [3.63, 3.8) is 0 Å². The number of imidazole rings is 1. The molecule has 16 heteroatoms. The second-order valence-corrected chi connectivity index (χ2v) is 12.7. The molecule has 2 unspecified atom stereocenters. The van der Waals surface area contributed by atoms with E-state index in [1.165, 1.54) is 30.8 Å². The van der Waals surface area contributed by atoms with E-state index in [1.807, 2.05) is 11.9 Å². The van der Waals surface area contributed by atoms with Crippen LogP contribution in [0.1, 0.15) is 46.8 Å². The third-order valence-corrected chi connectivity index (χ3v) is 9.40. The topological polar surface area (TPSA) is 207 Å². The summed E-state index contributed by atoms with van der Waals surface area (Å²) in [7, 11) is -1.15. The van der Waals surface area contributed by atoms with Crippen LogP contribution >= 0.6 is 8.18 Å². The van der Waals surface area contributed by atoms with Gasteiger partial charge >= 0.3 is 14.1 Å². The zero-order chi connectivity index (χ0) is 31.3. The molecule has 3 aromatic rings. The molecule has 0 radical (unpaired) electrons. The first-order valence-corrected chi connectivity index (χ1v) is 15.3. The number of anilines is 2. The van der Waals surface area contributed by atoms with Crippen molar-refractivity contribution in [3.05, 3.63) is 30.6 Å². The van der Waals surface area contributed by atoms with Gasteiger partial charge < -0.3 is 40.0 Å². The summed E-state index contributed by atoms with van der Waals surface area (Å²) in [4.78, 5) is 27.0. The monoisotopic (exact) mass is 619 g/mol. The Morgan fingerprint density at radius 2 is 2.00 bits per heavy atom. The average molecular weight is 620 g/mol. The second kappa shape index (κ2) is 11.5. The number of nitrogens with zero attached hydrogens (tertiary/aromatic N) is 5. The van der Waals surface area contributed by atoms with Crippen LogP contribution in [-0.2, 0) is 14.1 Å². The third kappa shape index (κ3) is 5.87. The van der Waals surface area contributed by atoms with E-state index in [1.54, 1.807) is 32.0 Å². The maximum atomic E-state index is 12.8. The predicted octanol–water partition coefficient (Wildman–Crippen LogP) is 1.95. The number of para-hydroxylation sites is 2. The number of rotatable bonds is 12. The molecule has 2 fully saturated rings. The summed E-state index contributed by atoms with van der Waals surface area (Å²) in [5.41, 5.74) is 3.62. The number of ether oxygens (including phenoxy) is 2. The number of nitrogens with two attached hydrogens (primary N) is 1. The minimum Gasteiger partial charge on any atom is -0.487 e. The minimum absolute atomic E-state index is 0.0391. The summed E-state index contributed by atoms with van der Waals surface area (Å²) in [6, 6.07) is 6.75.